The van der Waals surface area contributed by atoms with Crippen LogP contribution >= 0.6 is 0 Å². The molecular formula is C24H22F2N10O. The molecule has 0 saturated carbocycles. The summed E-state index contributed by atoms with van der Waals surface area (Å²) in [4.78, 5) is 15.5. The molecule has 1 aliphatic rings. The molecule has 0 aliphatic heterocycles. The van der Waals surface area contributed by atoms with E-state index in [1.54, 1.807) is 24.9 Å². The summed E-state index contributed by atoms with van der Waals surface area (Å²) in [6.45, 7) is 0. The van der Waals surface area contributed by atoms with Crippen molar-refractivity contribution in [3.05, 3.63) is 53.7 Å². The lowest BCUT2D eigenvalue weighted by Gasteiger charge is -2.16. The van der Waals surface area contributed by atoms with E-state index in [9.17, 15) is 8.78 Å². The minimum Gasteiger partial charge on any atom is -0.494 e. The summed E-state index contributed by atoms with van der Waals surface area (Å²) in [5.41, 5.74) is 4.33. The average Bonchev–Trinajstić information content (AvgIpc) is 3.63. The van der Waals surface area contributed by atoms with Crippen molar-refractivity contribution >= 4 is 34.2 Å². The third kappa shape index (κ3) is 4.17. The van der Waals surface area contributed by atoms with Gasteiger partial charge >= 0.3 is 0 Å². The van der Waals surface area contributed by atoms with E-state index in [1.807, 2.05) is 24.3 Å². The van der Waals surface area contributed by atoms with Crippen LogP contribution in [0.2, 0.25) is 0 Å². The highest BCUT2D eigenvalue weighted by Crippen LogP contribution is 2.38. The first-order valence-corrected chi connectivity index (χ1v) is 11.6. The Morgan fingerprint density at radius 2 is 1.95 bits per heavy atom. The van der Waals surface area contributed by atoms with Gasteiger partial charge < -0.3 is 20.4 Å². The molecule has 0 unspecified atom stereocenters. The van der Waals surface area contributed by atoms with Crippen LogP contribution in [0.15, 0.2) is 36.7 Å². The number of ether oxygens (including phenoxy) is 1. The van der Waals surface area contributed by atoms with Crippen molar-refractivity contribution < 1.29 is 13.5 Å². The van der Waals surface area contributed by atoms with Crippen LogP contribution in [0.3, 0.4) is 0 Å². The van der Waals surface area contributed by atoms with Crippen LogP contribution < -0.4 is 15.4 Å². The van der Waals surface area contributed by atoms with E-state index in [0.29, 0.717) is 40.1 Å². The highest BCUT2D eigenvalue weighted by Gasteiger charge is 2.20. The number of fused-ring (bicyclic) bond motifs is 2. The lowest BCUT2D eigenvalue weighted by Crippen LogP contribution is -2.03. The van der Waals surface area contributed by atoms with Gasteiger partial charge in [0.2, 0.25) is 0 Å². The molecule has 0 fully saturated rings. The minimum absolute atomic E-state index is 0.195. The van der Waals surface area contributed by atoms with E-state index in [-0.39, 0.29) is 11.2 Å². The van der Waals surface area contributed by atoms with Crippen LogP contribution in [0.4, 0.5) is 31.8 Å². The Morgan fingerprint density at radius 1 is 1.05 bits per heavy atom. The lowest BCUT2D eigenvalue weighted by molar-refractivity contribution is 0.142. The molecule has 0 amide bonds. The topological polar surface area (TPSA) is 131 Å². The number of anilines is 4. The van der Waals surface area contributed by atoms with Gasteiger partial charge in [0.15, 0.2) is 28.9 Å². The first-order chi connectivity index (χ1) is 18.0. The second-order valence-electron chi connectivity index (χ2n) is 8.57. The van der Waals surface area contributed by atoms with Gasteiger partial charge in [0.1, 0.15) is 17.7 Å². The van der Waals surface area contributed by atoms with Crippen LogP contribution in [0, 0.1) is 0 Å². The number of para-hydroxylation sites is 1. The molecule has 0 saturated heterocycles. The summed E-state index contributed by atoms with van der Waals surface area (Å²) in [7, 11) is 3.33. The lowest BCUT2D eigenvalue weighted by atomic mass is 10.1. The maximum absolute atomic E-state index is 13.5. The molecule has 4 heterocycles. The first kappa shape index (κ1) is 22.8. The van der Waals surface area contributed by atoms with Gasteiger partial charge in [0.05, 0.1) is 29.7 Å². The molecule has 1 aromatic carbocycles. The summed E-state index contributed by atoms with van der Waals surface area (Å²) in [6.07, 6.45) is 1.58. The third-order valence-electron chi connectivity index (χ3n) is 6.19. The molecule has 188 valence electrons. The number of nitrogens with one attached hydrogen (secondary N) is 3. The first-order valence-electron chi connectivity index (χ1n) is 11.6. The van der Waals surface area contributed by atoms with Crippen molar-refractivity contribution in [1.82, 2.24) is 39.9 Å². The number of aromatic amines is 1. The van der Waals surface area contributed by atoms with Crippen molar-refractivity contribution in [1.29, 1.82) is 0 Å². The number of halogens is 2. The Morgan fingerprint density at radius 3 is 2.73 bits per heavy atom. The average molecular weight is 505 g/mol. The number of rotatable bonds is 7. The molecular weight excluding hydrogens is 482 g/mol. The molecule has 0 radical (unpaired) electrons. The van der Waals surface area contributed by atoms with Gasteiger partial charge in [-0.05, 0) is 43.0 Å². The van der Waals surface area contributed by atoms with Crippen molar-refractivity contribution in [3.8, 4) is 17.1 Å². The number of nitrogens with zero attached hydrogens (tertiary/aromatic N) is 7. The largest absolute Gasteiger partial charge is 0.494 e. The number of methoxy groups -OCH3 is 1. The molecule has 6 rings (SSSR count). The number of benzene rings is 1. The molecule has 13 heteroatoms. The Hall–Kier alpha value is -4.68. The second-order valence-corrected chi connectivity index (χ2v) is 8.57. The van der Waals surface area contributed by atoms with Gasteiger partial charge in [-0.1, -0.05) is 6.07 Å². The smallest absolute Gasteiger partial charge is 0.295 e. The molecule has 0 atom stereocenters. The number of hydrogen-bond donors (Lipinski definition) is 3. The summed E-state index contributed by atoms with van der Waals surface area (Å²) in [5, 5.41) is 19.1. The molecule has 4 aromatic heterocycles. The fourth-order valence-electron chi connectivity index (χ4n) is 4.51. The highest BCUT2D eigenvalue weighted by atomic mass is 19.3. The van der Waals surface area contributed by atoms with Crippen molar-refractivity contribution in [2.75, 3.05) is 17.7 Å². The van der Waals surface area contributed by atoms with Crippen LogP contribution in [-0.2, 0) is 19.9 Å². The molecule has 0 bridgehead atoms. The summed E-state index contributed by atoms with van der Waals surface area (Å²) in [6, 6.07) is 9.13. The number of alkyl halides is 2. The van der Waals surface area contributed by atoms with Gasteiger partial charge in [0.25, 0.3) is 6.43 Å². The number of hydrogen-bond acceptors (Lipinski definition) is 9. The molecule has 3 N–H and O–H groups in total. The maximum atomic E-state index is 13.5. The van der Waals surface area contributed by atoms with Crippen molar-refractivity contribution in [3.63, 3.8) is 0 Å². The number of H-pyrrole nitrogens is 1. The third-order valence-corrected chi connectivity index (χ3v) is 6.19. The number of pyridine rings is 1. The summed E-state index contributed by atoms with van der Waals surface area (Å²) < 4.78 is 34.3. The van der Waals surface area contributed by atoms with Crippen molar-refractivity contribution in [2.24, 2.45) is 7.05 Å². The van der Waals surface area contributed by atoms with E-state index < -0.39 is 12.2 Å². The van der Waals surface area contributed by atoms with E-state index in [1.165, 1.54) is 6.33 Å². The van der Waals surface area contributed by atoms with E-state index in [0.717, 1.165) is 30.5 Å². The Balaban J connectivity index is 1.42. The standard InChI is InChI=1S/C24H22F2N10O/c1-36-24(27-11-28-36)13-6-4-8-15(20(13)37-2)29-16-10-17(31-22-19(16)32-23(33-22)21(25)26)30-18-9-12-5-3-7-14(12)34-35-18/h4,6,8-11,21H,3,5,7H2,1-2H3,(H3,29,30,31,32,33,35). The van der Waals surface area contributed by atoms with Crippen LogP contribution in [0.25, 0.3) is 22.6 Å². The van der Waals surface area contributed by atoms with E-state index >= 15 is 0 Å². The fraction of sp³-hybridized carbons (Fsp3) is 0.250. The highest BCUT2D eigenvalue weighted by molar-refractivity contribution is 5.92. The number of imidazole rings is 1. The predicted molar refractivity (Wildman–Crippen MR) is 132 cm³/mol. The maximum Gasteiger partial charge on any atom is 0.295 e. The summed E-state index contributed by atoms with van der Waals surface area (Å²) >= 11 is 0. The van der Waals surface area contributed by atoms with Crippen LogP contribution in [0.1, 0.15) is 29.9 Å². The molecule has 0 spiro atoms. The fourth-order valence-corrected chi connectivity index (χ4v) is 4.51. The number of aryl methyl sites for hydroxylation is 3. The Bertz CT molecular complexity index is 1610. The molecule has 11 nitrogen and oxygen atoms in total. The van der Waals surface area contributed by atoms with Gasteiger partial charge in [0, 0.05) is 13.1 Å². The van der Waals surface area contributed by atoms with Gasteiger partial charge in [-0.2, -0.15) is 10.2 Å². The zero-order chi connectivity index (χ0) is 25.5. The zero-order valence-corrected chi connectivity index (χ0v) is 20.0. The van der Waals surface area contributed by atoms with Crippen molar-refractivity contribution in [2.45, 2.75) is 25.7 Å². The van der Waals surface area contributed by atoms with Gasteiger partial charge in [-0.15, -0.1) is 5.10 Å². The van der Waals surface area contributed by atoms with E-state index in [4.69, 9.17) is 4.74 Å². The zero-order valence-electron chi connectivity index (χ0n) is 20.0. The van der Waals surface area contributed by atoms with Gasteiger partial charge in [-0.25, -0.2) is 28.4 Å². The molecule has 1 aliphatic carbocycles. The molecule has 5 aromatic rings. The Labute approximate surface area is 209 Å². The number of aromatic nitrogens is 8. The van der Waals surface area contributed by atoms with E-state index in [2.05, 4.69) is 45.9 Å². The second kappa shape index (κ2) is 9.08. The summed E-state index contributed by atoms with van der Waals surface area (Å²) in [5.74, 6) is 1.55. The normalized spacial score (nSPS) is 12.8. The minimum atomic E-state index is -2.78. The monoisotopic (exact) mass is 504 g/mol. The van der Waals surface area contributed by atoms with Crippen LogP contribution in [0.5, 0.6) is 5.75 Å². The van der Waals surface area contributed by atoms with Crippen LogP contribution in [-0.4, -0.2) is 47.0 Å². The Kier molecular flexibility index (Phi) is 5.58. The predicted octanol–water partition coefficient (Wildman–Crippen LogP) is 4.47. The van der Waals surface area contributed by atoms with Gasteiger partial charge in [-0.3, -0.25) is 0 Å². The quantitative estimate of drug-likeness (QED) is 0.294. The molecule has 37 heavy (non-hydrogen) atoms. The SMILES string of the molecule is COc1c(Nc2cc(Nc3cc4c(nn3)CCC4)nc3[nH]c(C(F)F)nc23)cccc1-c1ncnn1C.